The fraction of sp³-hybridized carbons (Fsp3) is 0.462. The van der Waals surface area contributed by atoms with Gasteiger partial charge in [0, 0.05) is 19.1 Å². The van der Waals surface area contributed by atoms with Crippen molar-refractivity contribution in [3.05, 3.63) is 17.8 Å². The van der Waals surface area contributed by atoms with Crippen LogP contribution in [-0.4, -0.2) is 35.0 Å². The minimum atomic E-state index is 0.0750. The molecule has 3 rings (SSSR count). The maximum Gasteiger partial charge on any atom is 0.226 e. The molecule has 1 N–H and O–H groups in total. The molecular weight excluding hydrogens is 260 g/mol. The molecule has 1 aliphatic heterocycles. The number of thiophene rings is 1. The Morgan fingerprint density at radius 1 is 1.47 bits per heavy atom. The standard InChI is InChI=1S/C13H16N4OS/c1-8(2)16-12(18)9-5-17(6-9)11-10-3-4-19-13(10)15-7-14-11/h3-4,7-9H,5-6H2,1-2H3,(H,16,18). The predicted molar refractivity (Wildman–Crippen MR) is 76.4 cm³/mol. The Kier molecular flexibility index (Phi) is 3.10. The van der Waals surface area contributed by atoms with E-state index in [1.54, 1.807) is 17.7 Å². The van der Waals surface area contributed by atoms with Crippen LogP contribution >= 0.6 is 11.3 Å². The average Bonchev–Trinajstić information content (AvgIpc) is 2.74. The quantitative estimate of drug-likeness (QED) is 0.926. The molecule has 1 saturated heterocycles. The van der Waals surface area contributed by atoms with Gasteiger partial charge in [0.2, 0.25) is 5.91 Å². The molecule has 0 radical (unpaired) electrons. The Morgan fingerprint density at radius 2 is 2.26 bits per heavy atom. The summed E-state index contributed by atoms with van der Waals surface area (Å²) in [5.74, 6) is 1.16. The number of hydrogen-bond donors (Lipinski definition) is 1. The van der Waals surface area contributed by atoms with E-state index in [9.17, 15) is 4.79 Å². The lowest BCUT2D eigenvalue weighted by molar-refractivity contribution is -0.126. The summed E-state index contributed by atoms with van der Waals surface area (Å²) in [6, 6.07) is 2.24. The molecule has 1 aliphatic rings. The van der Waals surface area contributed by atoms with Crippen LogP contribution in [0.25, 0.3) is 10.2 Å². The second-order valence-electron chi connectivity index (χ2n) is 5.10. The fourth-order valence-electron chi connectivity index (χ4n) is 2.25. The smallest absolute Gasteiger partial charge is 0.226 e. The van der Waals surface area contributed by atoms with Crippen LogP contribution in [0.3, 0.4) is 0 Å². The largest absolute Gasteiger partial charge is 0.354 e. The van der Waals surface area contributed by atoms with E-state index in [4.69, 9.17) is 0 Å². The maximum atomic E-state index is 11.9. The molecule has 0 saturated carbocycles. The molecule has 0 bridgehead atoms. The summed E-state index contributed by atoms with van der Waals surface area (Å²) in [6.45, 7) is 5.43. The van der Waals surface area contributed by atoms with Crippen molar-refractivity contribution in [2.45, 2.75) is 19.9 Å². The number of anilines is 1. The Hall–Kier alpha value is -1.69. The summed E-state index contributed by atoms with van der Waals surface area (Å²) >= 11 is 1.61. The van der Waals surface area contributed by atoms with E-state index >= 15 is 0 Å². The second kappa shape index (κ2) is 4.77. The summed E-state index contributed by atoms with van der Waals surface area (Å²) in [4.78, 5) is 23.6. The fourth-order valence-corrected chi connectivity index (χ4v) is 2.98. The number of amides is 1. The summed E-state index contributed by atoms with van der Waals surface area (Å²) in [5, 5.41) is 6.05. The van der Waals surface area contributed by atoms with Crippen molar-refractivity contribution in [3.8, 4) is 0 Å². The topological polar surface area (TPSA) is 58.1 Å². The van der Waals surface area contributed by atoms with Gasteiger partial charge in [0.1, 0.15) is 17.0 Å². The van der Waals surface area contributed by atoms with Crippen molar-refractivity contribution in [2.75, 3.05) is 18.0 Å². The van der Waals surface area contributed by atoms with Gasteiger partial charge in [-0.25, -0.2) is 9.97 Å². The van der Waals surface area contributed by atoms with Crippen molar-refractivity contribution in [1.29, 1.82) is 0 Å². The zero-order valence-electron chi connectivity index (χ0n) is 11.0. The molecular formula is C13H16N4OS. The van der Waals surface area contributed by atoms with Crippen LogP contribution in [-0.2, 0) is 4.79 Å². The molecule has 5 nitrogen and oxygen atoms in total. The molecule has 0 spiro atoms. The Bertz CT molecular complexity index is 603. The predicted octanol–water partition coefficient (Wildman–Crippen LogP) is 1.65. The number of hydrogen-bond acceptors (Lipinski definition) is 5. The van der Waals surface area contributed by atoms with Crippen molar-refractivity contribution in [1.82, 2.24) is 15.3 Å². The molecule has 2 aromatic heterocycles. The third-order valence-electron chi connectivity index (χ3n) is 3.22. The number of aromatic nitrogens is 2. The molecule has 0 unspecified atom stereocenters. The Balaban J connectivity index is 1.71. The van der Waals surface area contributed by atoms with Gasteiger partial charge in [-0.2, -0.15) is 0 Å². The summed E-state index contributed by atoms with van der Waals surface area (Å²) < 4.78 is 0. The molecule has 100 valence electrons. The minimum Gasteiger partial charge on any atom is -0.354 e. The van der Waals surface area contributed by atoms with Crippen LogP contribution in [0.5, 0.6) is 0 Å². The first-order valence-corrected chi connectivity index (χ1v) is 7.26. The van der Waals surface area contributed by atoms with Crippen LogP contribution in [0.15, 0.2) is 17.8 Å². The van der Waals surface area contributed by atoms with Crippen LogP contribution in [0.1, 0.15) is 13.8 Å². The zero-order valence-corrected chi connectivity index (χ0v) is 11.8. The Labute approximate surface area is 115 Å². The monoisotopic (exact) mass is 276 g/mol. The highest BCUT2D eigenvalue weighted by Crippen LogP contribution is 2.31. The van der Waals surface area contributed by atoms with E-state index in [0.29, 0.717) is 0 Å². The van der Waals surface area contributed by atoms with E-state index in [2.05, 4.69) is 20.2 Å². The molecule has 1 amide bonds. The van der Waals surface area contributed by atoms with Gasteiger partial charge in [-0.15, -0.1) is 11.3 Å². The molecule has 6 heteroatoms. The zero-order chi connectivity index (χ0) is 13.4. The number of nitrogens with one attached hydrogen (secondary N) is 1. The third-order valence-corrected chi connectivity index (χ3v) is 4.04. The average molecular weight is 276 g/mol. The minimum absolute atomic E-state index is 0.0750. The molecule has 19 heavy (non-hydrogen) atoms. The molecule has 3 heterocycles. The second-order valence-corrected chi connectivity index (χ2v) is 6.00. The maximum absolute atomic E-state index is 11.9. The number of fused-ring (bicyclic) bond motifs is 1. The third kappa shape index (κ3) is 2.28. The van der Waals surface area contributed by atoms with Gasteiger partial charge >= 0.3 is 0 Å². The van der Waals surface area contributed by atoms with E-state index < -0.39 is 0 Å². The SMILES string of the molecule is CC(C)NC(=O)C1CN(c2ncnc3sccc23)C1. The molecule has 0 aliphatic carbocycles. The molecule has 2 aromatic rings. The first kappa shape index (κ1) is 12.3. The van der Waals surface area contributed by atoms with Crippen molar-refractivity contribution >= 4 is 33.3 Å². The normalized spacial score (nSPS) is 15.8. The van der Waals surface area contributed by atoms with E-state index in [-0.39, 0.29) is 17.9 Å². The van der Waals surface area contributed by atoms with Gasteiger partial charge in [0.15, 0.2) is 0 Å². The van der Waals surface area contributed by atoms with E-state index in [1.165, 1.54) is 0 Å². The number of nitrogens with zero attached hydrogens (tertiary/aromatic N) is 3. The van der Waals surface area contributed by atoms with Gasteiger partial charge < -0.3 is 10.2 Å². The van der Waals surface area contributed by atoms with Gasteiger partial charge in [0.25, 0.3) is 0 Å². The van der Waals surface area contributed by atoms with Crippen LogP contribution < -0.4 is 10.2 Å². The Morgan fingerprint density at radius 3 is 3.00 bits per heavy atom. The number of carbonyl (C=O) groups excluding carboxylic acids is 1. The van der Waals surface area contributed by atoms with E-state index in [1.807, 2.05) is 25.3 Å². The summed E-state index contributed by atoms with van der Waals surface area (Å²) in [5.41, 5.74) is 0. The molecule has 1 fully saturated rings. The first-order chi connectivity index (χ1) is 9.15. The molecule has 0 aromatic carbocycles. The van der Waals surface area contributed by atoms with Gasteiger partial charge in [0.05, 0.1) is 11.3 Å². The first-order valence-electron chi connectivity index (χ1n) is 6.38. The molecule has 0 atom stereocenters. The number of carbonyl (C=O) groups is 1. The van der Waals surface area contributed by atoms with Gasteiger partial charge in [-0.1, -0.05) is 0 Å². The highest BCUT2D eigenvalue weighted by Gasteiger charge is 2.34. The lowest BCUT2D eigenvalue weighted by Gasteiger charge is -2.39. The highest BCUT2D eigenvalue weighted by atomic mass is 32.1. The number of rotatable bonds is 3. The van der Waals surface area contributed by atoms with Crippen molar-refractivity contribution in [2.24, 2.45) is 5.92 Å². The van der Waals surface area contributed by atoms with Gasteiger partial charge in [-0.05, 0) is 25.3 Å². The van der Waals surface area contributed by atoms with Crippen LogP contribution in [0, 0.1) is 5.92 Å². The van der Waals surface area contributed by atoms with Crippen molar-refractivity contribution < 1.29 is 4.79 Å². The lowest BCUT2D eigenvalue weighted by atomic mass is 9.98. The summed E-state index contributed by atoms with van der Waals surface area (Å²) in [6.07, 6.45) is 1.59. The van der Waals surface area contributed by atoms with Crippen LogP contribution in [0.4, 0.5) is 5.82 Å². The summed E-state index contributed by atoms with van der Waals surface area (Å²) in [7, 11) is 0. The van der Waals surface area contributed by atoms with E-state index in [0.717, 1.165) is 29.1 Å². The van der Waals surface area contributed by atoms with Crippen molar-refractivity contribution in [3.63, 3.8) is 0 Å². The van der Waals surface area contributed by atoms with Gasteiger partial charge in [-0.3, -0.25) is 4.79 Å². The lowest BCUT2D eigenvalue weighted by Crippen LogP contribution is -2.55. The van der Waals surface area contributed by atoms with Crippen LogP contribution in [0.2, 0.25) is 0 Å². The highest BCUT2D eigenvalue weighted by molar-refractivity contribution is 7.16.